The molecule has 2 aliphatic rings. The first-order valence-electron chi connectivity index (χ1n) is 7.55. The van der Waals surface area contributed by atoms with Gasteiger partial charge >= 0.3 is 0 Å². The Balaban J connectivity index is 1.65. The van der Waals surface area contributed by atoms with Gasteiger partial charge in [-0.25, -0.2) is 0 Å². The van der Waals surface area contributed by atoms with Crippen LogP contribution in [0.5, 0.6) is 11.5 Å². The molecule has 4 heteroatoms. The highest BCUT2D eigenvalue weighted by Crippen LogP contribution is 2.38. The van der Waals surface area contributed by atoms with Crippen molar-refractivity contribution in [1.29, 1.82) is 0 Å². The van der Waals surface area contributed by atoms with Gasteiger partial charge in [0.2, 0.25) is 0 Å². The maximum atomic E-state index is 5.64. The minimum atomic E-state index is 0.631. The van der Waals surface area contributed by atoms with Crippen LogP contribution >= 0.6 is 15.9 Å². The first-order valence-corrected chi connectivity index (χ1v) is 8.34. The summed E-state index contributed by atoms with van der Waals surface area (Å²) in [7, 11) is 0. The van der Waals surface area contributed by atoms with Gasteiger partial charge in [0.05, 0.1) is 5.69 Å². The Hall–Kier alpha value is -0.900. The van der Waals surface area contributed by atoms with Crippen LogP contribution in [-0.4, -0.2) is 19.8 Å². The summed E-state index contributed by atoms with van der Waals surface area (Å²) in [5.41, 5.74) is 1.10. The Morgan fingerprint density at radius 3 is 2.70 bits per heavy atom. The Kier molecular flexibility index (Phi) is 4.39. The van der Waals surface area contributed by atoms with Gasteiger partial charge in [0.15, 0.2) is 11.5 Å². The van der Waals surface area contributed by atoms with Crippen LogP contribution in [0, 0.1) is 11.8 Å². The molecular formula is C16H22BrNO2. The van der Waals surface area contributed by atoms with Crippen molar-refractivity contribution in [3.63, 3.8) is 0 Å². The van der Waals surface area contributed by atoms with Crippen molar-refractivity contribution in [2.75, 3.05) is 25.1 Å². The van der Waals surface area contributed by atoms with Crippen LogP contribution in [0.4, 0.5) is 5.69 Å². The normalized spacial score (nSPS) is 25.3. The second-order valence-electron chi connectivity index (χ2n) is 5.99. The Morgan fingerprint density at radius 1 is 1.20 bits per heavy atom. The molecule has 0 aromatic heterocycles. The van der Waals surface area contributed by atoms with Gasteiger partial charge in [-0.1, -0.05) is 19.8 Å². The van der Waals surface area contributed by atoms with Crippen molar-refractivity contribution in [1.82, 2.24) is 0 Å². The van der Waals surface area contributed by atoms with E-state index in [1.807, 2.05) is 12.1 Å². The molecular weight excluding hydrogens is 318 g/mol. The number of nitrogens with one attached hydrogen (secondary N) is 1. The molecule has 1 aromatic carbocycles. The molecule has 0 spiro atoms. The van der Waals surface area contributed by atoms with Crippen molar-refractivity contribution >= 4 is 21.6 Å². The molecule has 110 valence electrons. The SMILES string of the molecule is CC1CCCC(CNc2cc3c(cc2Br)OCCO3)C1. The lowest BCUT2D eigenvalue weighted by Gasteiger charge is -2.27. The van der Waals surface area contributed by atoms with Gasteiger partial charge in [-0.3, -0.25) is 0 Å². The summed E-state index contributed by atoms with van der Waals surface area (Å²) in [6, 6.07) is 4.05. The van der Waals surface area contributed by atoms with Gasteiger partial charge in [-0.2, -0.15) is 0 Å². The van der Waals surface area contributed by atoms with E-state index in [9.17, 15) is 0 Å². The van der Waals surface area contributed by atoms with Crippen molar-refractivity contribution in [2.45, 2.75) is 32.6 Å². The van der Waals surface area contributed by atoms with Crippen LogP contribution in [-0.2, 0) is 0 Å². The van der Waals surface area contributed by atoms with E-state index in [1.54, 1.807) is 0 Å². The summed E-state index contributed by atoms with van der Waals surface area (Å²) >= 11 is 3.61. The third kappa shape index (κ3) is 3.22. The van der Waals surface area contributed by atoms with Crippen LogP contribution in [0.2, 0.25) is 0 Å². The highest BCUT2D eigenvalue weighted by atomic mass is 79.9. The Labute approximate surface area is 129 Å². The molecule has 1 saturated carbocycles. The van der Waals surface area contributed by atoms with Gasteiger partial charge in [-0.05, 0) is 40.6 Å². The van der Waals surface area contributed by atoms with Crippen molar-refractivity contribution < 1.29 is 9.47 Å². The first kappa shape index (κ1) is 14.1. The van der Waals surface area contributed by atoms with E-state index in [4.69, 9.17) is 9.47 Å². The molecule has 1 N–H and O–H groups in total. The zero-order valence-electron chi connectivity index (χ0n) is 12.0. The predicted molar refractivity (Wildman–Crippen MR) is 84.7 cm³/mol. The van der Waals surface area contributed by atoms with Crippen molar-refractivity contribution in [3.05, 3.63) is 16.6 Å². The number of hydrogen-bond acceptors (Lipinski definition) is 3. The maximum Gasteiger partial charge on any atom is 0.163 e. The molecule has 0 saturated heterocycles. The number of benzene rings is 1. The summed E-state index contributed by atoms with van der Waals surface area (Å²) in [4.78, 5) is 0. The molecule has 1 aromatic rings. The van der Waals surface area contributed by atoms with Gasteiger partial charge in [0.1, 0.15) is 13.2 Å². The number of fused-ring (bicyclic) bond motifs is 1. The molecule has 2 atom stereocenters. The molecule has 0 radical (unpaired) electrons. The van der Waals surface area contributed by atoms with E-state index in [-0.39, 0.29) is 0 Å². The van der Waals surface area contributed by atoms with Gasteiger partial charge in [0, 0.05) is 23.2 Å². The Morgan fingerprint density at radius 2 is 1.95 bits per heavy atom. The fraction of sp³-hybridized carbons (Fsp3) is 0.625. The van der Waals surface area contributed by atoms with Crippen LogP contribution in [0.15, 0.2) is 16.6 Å². The third-order valence-electron chi connectivity index (χ3n) is 4.26. The number of anilines is 1. The Bertz CT molecular complexity index is 478. The van der Waals surface area contributed by atoms with Crippen LogP contribution < -0.4 is 14.8 Å². The molecule has 0 amide bonds. The van der Waals surface area contributed by atoms with Crippen LogP contribution in [0.1, 0.15) is 32.6 Å². The van der Waals surface area contributed by atoms with E-state index in [0.29, 0.717) is 13.2 Å². The molecule has 0 bridgehead atoms. The zero-order valence-corrected chi connectivity index (χ0v) is 13.5. The summed E-state index contributed by atoms with van der Waals surface area (Å²) in [6.45, 7) is 4.68. The minimum Gasteiger partial charge on any atom is -0.486 e. The predicted octanol–water partition coefficient (Wildman–Crippen LogP) is 4.46. The second kappa shape index (κ2) is 6.25. The number of hydrogen-bond donors (Lipinski definition) is 1. The van der Waals surface area contributed by atoms with Gasteiger partial charge < -0.3 is 14.8 Å². The zero-order chi connectivity index (χ0) is 13.9. The topological polar surface area (TPSA) is 30.5 Å². The van der Waals surface area contributed by atoms with Gasteiger partial charge in [-0.15, -0.1) is 0 Å². The summed E-state index contributed by atoms with van der Waals surface area (Å²) < 4.78 is 12.3. The van der Waals surface area contributed by atoms with Crippen LogP contribution in [0.3, 0.4) is 0 Å². The lowest BCUT2D eigenvalue weighted by molar-refractivity contribution is 0.171. The fourth-order valence-corrected chi connectivity index (χ4v) is 3.66. The average molecular weight is 340 g/mol. The molecule has 3 nitrogen and oxygen atoms in total. The molecule has 20 heavy (non-hydrogen) atoms. The van der Waals surface area contributed by atoms with E-state index < -0.39 is 0 Å². The fourth-order valence-electron chi connectivity index (χ4n) is 3.20. The van der Waals surface area contributed by atoms with Crippen molar-refractivity contribution in [2.24, 2.45) is 11.8 Å². The van der Waals surface area contributed by atoms with E-state index >= 15 is 0 Å². The number of ether oxygens (including phenoxy) is 2. The van der Waals surface area contributed by atoms with Crippen molar-refractivity contribution in [3.8, 4) is 11.5 Å². The van der Waals surface area contributed by atoms with Gasteiger partial charge in [0.25, 0.3) is 0 Å². The monoisotopic (exact) mass is 339 g/mol. The van der Waals surface area contributed by atoms with E-state index in [1.165, 1.54) is 25.7 Å². The van der Waals surface area contributed by atoms with E-state index in [2.05, 4.69) is 28.2 Å². The number of halogens is 1. The molecule has 1 aliphatic heterocycles. The molecule has 3 rings (SSSR count). The molecule has 1 fully saturated rings. The average Bonchev–Trinajstić information content (AvgIpc) is 2.45. The number of rotatable bonds is 3. The van der Waals surface area contributed by atoms with E-state index in [0.717, 1.165) is 40.0 Å². The largest absolute Gasteiger partial charge is 0.486 e. The maximum absolute atomic E-state index is 5.64. The summed E-state index contributed by atoms with van der Waals surface area (Å²) in [6.07, 6.45) is 5.45. The molecule has 1 aliphatic carbocycles. The van der Waals surface area contributed by atoms with Crippen LogP contribution in [0.25, 0.3) is 0 Å². The highest BCUT2D eigenvalue weighted by Gasteiger charge is 2.20. The second-order valence-corrected chi connectivity index (χ2v) is 6.85. The highest BCUT2D eigenvalue weighted by molar-refractivity contribution is 9.10. The lowest BCUT2D eigenvalue weighted by atomic mass is 9.82. The minimum absolute atomic E-state index is 0.631. The molecule has 1 heterocycles. The summed E-state index contributed by atoms with van der Waals surface area (Å²) in [5, 5.41) is 3.57. The molecule has 2 unspecified atom stereocenters. The standard InChI is InChI=1S/C16H22BrNO2/c1-11-3-2-4-12(7-11)10-18-14-9-16-15(8-13(14)17)19-5-6-20-16/h8-9,11-12,18H,2-7,10H2,1H3. The first-order chi connectivity index (χ1) is 9.72. The summed E-state index contributed by atoms with van der Waals surface area (Å²) in [5.74, 6) is 3.34. The third-order valence-corrected chi connectivity index (χ3v) is 4.91. The quantitative estimate of drug-likeness (QED) is 0.881. The lowest BCUT2D eigenvalue weighted by Crippen LogP contribution is -2.21. The smallest absolute Gasteiger partial charge is 0.163 e.